The molecule has 1 saturated heterocycles. The zero-order chi connectivity index (χ0) is 14.0. The van der Waals surface area contributed by atoms with E-state index in [2.05, 4.69) is 5.32 Å². The second-order valence-corrected chi connectivity index (χ2v) is 6.85. The van der Waals surface area contributed by atoms with Gasteiger partial charge in [0.05, 0.1) is 5.02 Å². The maximum Gasteiger partial charge on any atom is 0.244 e. The molecule has 0 amide bonds. The van der Waals surface area contributed by atoms with Crippen molar-refractivity contribution >= 4 is 21.6 Å². The third-order valence-corrected chi connectivity index (χ3v) is 5.49. The first-order chi connectivity index (χ1) is 8.93. The summed E-state index contributed by atoms with van der Waals surface area (Å²) in [6, 6.07) is 2.35. The van der Waals surface area contributed by atoms with Crippen LogP contribution < -0.4 is 5.32 Å². The molecule has 1 heterocycles. The van der Waals surface area contributed by atoms with E-state index in [0.29, 0.717) is 19.6 Å². The molecule has 1 aromatic carbocycles. The molecular weight excluding hydrogens is 291 g/mol. The van der Waals surface area contributed by atoms with Gasteiger partial charge in [0, 0.05) is 19.6 Å². The van der Waals surface area contributed by atoms with Gasteiger partial charge in [-0.3, -0.25) is 0 Å². The largest absolute Gasteiger partial charge is 0.315 e. The number of sulfonamides is 1. The minimum absolute atomic E-state index is 0.0185. The van der Waals surface area contributed by atoms with Crippen molar-refractivity contribution in [2.24, 2.45) is 0 Å². The van der Waals surface area contributed by atoms with E-state index in [0.717, 1.165) is 19.0 Å². The van der Waals surface area contributed by atoms with Gasteiger partial charge in [0.15, 0.2) is 0 Å². The van der Waals surface area contributed by atoms with Crippen molar-refractivity contribution in [2.45, 2.75) is 18.2 Å². The minimum Gasteiger partial charge on any atom is -0.315 e. The van der Waals surface area contributed by atoms with Gasteiger partial charge in [0.25, 0.3) is 0 Å². The van der Waals surface area contributed by atoms with Crippen molar-refractivity contribution in [1.29, 1.82) is 0 Å². The van der Waals surface area contributed by atoms with E-state index in [4.69, 9.17) is 11.6 Å². The predicted octanol–water partition coefficient (Wildman–Crippen LogP) is 1.77. The third kappa shape index (κ3) is 3.08. The van der Waals surface area contributed by atoms with Gasteiger partial charge in [0.2, 0.25) is 10.0 Å². The van der Waals surface area contributed by atoms with E-state index in [9.17, 15) is 12.8 Å². The smallest absolute Gasteiger partial charge is 0.244 e. The summed E-state index contributed by atoms with van der Waals surface area (Å²) in [6.07, 6.45) is 0.747. The van der Waals surface area contributed by atoms with Crippen LogP contribution in [0.25, 0.3) is 0 Å². The molecule has 1 aliphatic rings. The van der Waals surface area contributed by atoms with Crippen molar-refractivity contribution in [2.75, 3.05) is 26.2 Å². The van der Waals surface area contributed by atoms with E-state index in [-0.39, 0.29) is 15.5 Å². The fourth-order valence-electron chi connectivity index (χ4n) is 2.03. The fraction of sp³-hybridized carbons (Fsp3) is 0.500. The van der Waals surface area contributed by atoms with E-state index in [1.807, 2.05) is 0 Å². The number of nitrogens with zero attached hydrogens (tertiary/aromatic N) is 1. The molecule has 106 valence electrons. The van der Waals surface area contributed by atoms with Gasteiger partial charge < -0.3 is 5.32 Å². The van der Waals surface area contributed by atoms with Gasteiger partial charge >= 0.3 is 0 Å². The van der Waals surface area contributed by atoms with Crippen LogP contribution in [0.3, 0.4) is 0 Å². The van der Waals surface area contributed by atoms with Crippen LogP contribution in [0.5, 0.6) is 0 Å². The molecule has 19 heavy (non-hydrogen) atoms. The van der Waals surface area contributed by atoms with Crippen LogP contribution in [0.1, 0.15) is 12.0 Å². The average Bonchev–Trinajstić information content (AvgIpc) is 2.62. The monoisotopic (exact) mass is 306 g/mol. The van der Waals surface area contributed by atoms with Crippen molar-refractivity contribution in [1.82, 2.24) is 9.62 Å². The van der Waals surface area contributed by atoms with Crippen LogP contribution in [0.15, 0.2) is 17.0 Å². The molecule has 0 radical (unpaired) electrons. The standard InChI is InChI=1S/C12H16ClFN2O2S/c1-9-7-12(10(13)8-11(9)14)19(17,18)16-5-2-3-15-4-6-16/h7-8,15H,2-6H2,1H3. The van der Waals surface area contributed by atoms with Gasteiger partial charge in [-0.25, -0.2) is 12.8 Å². The first-order valence-corrected chi connectivity index (χ1v) is 7.91. The summed E-state index contributed by atoms with van der Waals surface area (Å²) < 4.78 is 39.8. The average molecular weight is 307 g/mol. The molecular formula is C12H16ClFN2O2S. The molecule has 0 atom stereocenters. The highest BCUT2D eigenvalue weighted by molar-refractivity contribution is 7.89. The Hall–Kier alpha value is -0.690. The summed E-state index contributed by atoms with van der Waals surface area (Å²) in [5, 5.41) is 3.07. The van der Waals surface area contributed by atoms with E-state index in [1.165, 1.54) is 17.3 Å². The van der Waals surface area contributed by atoms with E-state index in [1.54, 1.807) is 0 Å². The molecule has 0 unspecified atom stereocenters. The minimum atomic E-state index is -3.66. The topological polar surface area (TPSA) is 49.4 Å². The Morgan fingerprint density at radius 2 is 2.05 bits per heavy atom. The van der Waals surface area contributed by atoms with Crippen LogP contribution in [0.2, 0.25) is 5.02 Å². The van der Waals surface area contributed by atoms with E-state index < -0.39 is 15.8 Å². The predicted molar refractivity (Wildman–Crippen MR) is 72.4 cm³/mol. The second-order valence-electron chi connectivity index (χ2n) is 4.54. The molecule has 0 spiro atoms. The summed E-state index contributed by atoms with van der Waals surface area (Å²) in [4.78, 5) is -0.0185. The summed E-state index contributed by atoms with van der Waals surface area (Å²) in [6.45, 7) is 3.77. The highest BCUT2D eigenvalue weighted by atomic mass is 35.5. The number of benzene rings is 1. The van der Waals surface area contributed by atoms with Crippen molar-refractivity contribution < 1.29 is 12.8 Å². The molecule has 1 aromatic rings. The Balaban J connectivity index is 2.41. The second kappa shape index (κ2) is 5.75. The van der Waals surface area contributed by atoms with Gasteiger partial charge in [0.1, 0.15) is 10.7 Å². The van der Waals surface area contributed by atoms with Gasteiger partial charge in [-0.15, -0.1) is 0 Å². The van der Waals surface area contributed by atoms with Crippen LogP contribution in [-0.2, 0) is 10.0 Å². The van der Waals surface area contributed by atoms with Gasteiger partial charge in [-0.1, -0.05) is 11.6 Å². The number of aryl methyl sites for hydroxylation is 1. The lowest BCUT2D eigenvalue weighted by atomic mass is 10.2. The van der Waals surface area contributed by atoms with Crippen LogP contribution in [-0.4, -0.2) is 38.9 Å². The summed E-state index contributed by atoms with van der Waals surface area (Å²) in [7, 11) is -3.66. The lowest BCUT2D eigenvalue weighted by Crippen LogP contribution is -2.34. The Labute approximate surface area is 117 Å². The number of hydrogen-bond acceptors (Lipinski definition) is 3. The first-order valence-electron chi connectivity index (χ1n) is 6.09. The Kier molecular flexibility index (Phi) is 4.45. The molecule has 0 aliphatic carbocycles. The Morgan fingerprint density at radius 3 is 2.79 bits per heavy atom. The Bertz CT molecular complexity index is 569. The zero-order valence-electron chi connectivity index (χ0n) is 10.6. The molecule has 0 saturated carbocycles. The maximum atomic E-state index is 13.4. The molecule has 4 nitrogen and oxygen atoms in total. The summed E-state index contributed by atoms with van der Waals surface area (Å²) in [5.74, 6) is -0.499. The molecule has 7 heteroatoms. The number of rotatable bonds is 2. The van der Waals surface area contributed by atoms with Crippen molar-refractivity contribution in [3.8, 4) is 0 Å². The van der Waals surface area contributed by atoms with Gasteiger partial charge in [-0.2, -0.15) is 4.31 Å². The zero-order valence-corrected chi connectivity index (χ0v) is 12.2. The number of hydrogen-bond donors (Lipinski definition) is 1. The molecule has 1 fully saturated rings. The van der Waals surface area contributed by atoms with Crippen molar-refractivity contribution in [3.05, 3.63) is 28.5 Å². The SMILES string of the molecule is Cc1cc(S(=O)(=O)N2CCCNCC2)c(Cl)cc1F. The number of halogens is 2. The van der Waals surface area contributed by atoms with Crippen LogP contribution in [0.4, 0.5) is 4.39 Å². The lowest BCUT2D eigenvalue weighted by Gasteiger charge is -2.20. The number of nitrogens with one attached hydrogen (secondary N) is 1. The summed E-state index contributed by atoms with van der Waals surface area (Å²) >= 11 is 5.88. The maximum absolute atomic E-state index is 13.4. The Morgan fingerprint density at radius 1 is 1.32 bits per heavy atom. The van der Waals surface area contributed by atoms with Crippen molar-refractivity contribution in [3.63, 3.8) is 0 Å². The lowest BCUT2D eigenvalue weighted by molar-refractivity contribution is 0.432. The molecule has 0 aromatic heterocycles. The van der Waals surface area contributed by atoms with Crippen LogP contribution >= 0.6 is 11.6 Å². The highest BCUT2D eigenvalue weighted by Crippen LogP contribution is 2.27. The molecule has 1 N–H and O–H groups in total. The first kappa shape index (κ1) is 14.7. The fourth-order valence-corrected chi connectivity index (χ4v) is 4.08. The quantitative estimate of drug-likeness (QED) is 0.906. The molecule has 2 rings (SSSR count). The normalized spacial score (nSPS) is 18.3. The highest BCUT2D eigenvalue weighted by Gasteiger charge is 2.27. The van der Waals surface area contributed by atoms with E-state index >= 15 is 0 Å². The van der Waals surface area contributed by atoms with Crippen LogP contribution in [0, 0.1) is 12.7 Å². The molecule has 0 bridgehead atoms. The third-order valence-electron chi connectivity index (χ3n) is 3.13. The van der Waals surface area contributed by atoms with Gasteiger partial charge in [-0.05, 0) is 37.6 Å². The molecule has 1 aliphatic heterocycles. The summed E-state index contributed by atoms with van der Waals surface area (Å²) in [5.41, 5.74) is 0.274.